The number of carboxylic acids is 1. The molecule has 1 aromatic carbocycles. The smallest absolute Gasteiger partial charge is 0.335 e. The molecule has 0 spiro atoms. The van der Waals surface area contributed by atoms with Crippen molar-refractivity contribution in [1.29, 1.82) is 0 Å². The summed E-state index contributed by atoms with van der Waals surface area (Å²) in [4.78, 5) is 11.4. The second-order valence-electron chi connectivity index (χ2n) is 5.59. The second-order valence-corrected chi connectivity index (χ2v) is 5.59. The number of aryl methyl sites for hydroxylation is 2. The van der Waals surface area contributed by atoms with Crippen molar-refractivity contribution in [1.82, 2.24) is 4.57 Å². The van der Waals surface area contributed by atoms with Crippen LogP contribution in [0.2, 0.25) is 0 Å². The van der Waals surface area contributed by atoms with Crippen LogP contribution in [0.3, 0.4) is 0 Å². The standard InChI is InChI=1S/C17H25N3O2/c1-3-12-9-13(17(21)22)10-15-14(5-7-19)11(2)20(16(12)15)8-4-6-18/h9-10H,3-8,18-19H2,1-2H3,(H,21,22). The molecule has 22 heavy (non-hydrogen) atoms. The van der Waals surface area contributed by atoms with E-state index in [1.165, 1.54) is 5.69 Å². The number of nitrogens with zero attached hydrogens (tertiary/aromatic N) is 1. The van der Waals surface area contributed by atoms with Gasteiger partial charge in [0.2, 0.25) is 0 Å². The molecule has 0 aliphatic heterocycles. The molecule has 0 saturated carbocycles. The molecular weight excluding hydrogens is 278 g/mol. The highest BCUT2D eigenvalue weighted by atomic mass is 16.4. The maximum absolute atomic E-state index is 11.4. The van der Waals surface area contributed by atoms with Gasteiger partial charge in [-0.05, 0) is 62.5 Å². The Morgan fingerprint density at radius 2 is 2.00 bits per heavy atom. The van der Waals surface area contributed by atoms with Gasteiger partial charge in [-0.15, -0.1) is 0 Å². The molecule has 0 aliphatic carbocycles. The van der Waals surface area contributed by atoms with Crippen molar-refractivity contribution in [2.45, 2.75) is 39.7 Å². The highest BCUT2D eigenvalue weighted by molar-refractivity contribution is 5.97. The Hall–Kier alpha value is -1.85. The van der Waals surface area contributed by atoms with Crippen LogP contribution in [-0.2, 0) is 19.4 Å². The lowest BCUT2D eigenvalue weighted by atomic mass is 10.0. The number of carboxylic acid groups (broad SMARTS) is 1. The minimum Gasteiger partial charge on any atom is -0.478 e. The Bertz CT molecular complexity index is 689. The van der Waals surface area contributed by atoms with Gasteiger partial charge in [-0.3, -0.25) is 0 Å². The van der Waals surface area contributed by atoms with E-state index in [9.17, 15) is 9.90 Å². The molecule has 5 nitrogen and oxygen atoms in total. The van der Waals surface area contributed by atoms with E-state index >= 15 is 0 Å². The quantitative estimate of drug-likeness (QED) is 0.729. The Labute approximate surface area is 130 Å². The minimum atomic E-state index is -0.886. The number of hydrogen-bond donors (Lipinski definition) is 3. The molecule has 0 atom stereocenters. The summed E-state index contributed by atoms with van der Waals surface area (Å²) < 4.78 is 2.28. The third kappa shape index (κ3) is 2.87. The Balaban J connectivity index is 2.78. The number of hydrogen-bond acceptors (Lipinski definition) is 3. The van der Waals surface area contributed by atoms with Crippen LogP contribution in [0.1, 0.15) is 40.5 Å². The summed E-state index contributed by atoms with van der Waals surface area (Å²) in [5, 5.41) is 10.4. The molecular formula is C17H25N3O2. The molecule has 5 heteroatoms. The van der Waals surface area contributed by atoms with Gasteiger partial charge in [0.15, 0.2) is 0 Å². The zero-order valence-electron chi connectivity index (χ0n) is 13.4. The Morgan fingerprint density at radius 1 is 1.27 bits per heavy atom. The number of benzene rings is 1. The van der Waals surface area contributed by atoms with Crippen molar-refractivity contribution < 1.29 is 9.90 Å². The lowest BCUT2D eigenvalue weighted by Crippen LogP contribution is -2.09. The first-order chi connectivity index (χ1) is 10.5. The van der Waals surface area contributed by atoms with Gasteiger partial charge in [0.05, 0.1) is 11.1 Å². The highest BCUT2D eigenvalue weighted by Gasteiger charge is 2.18. The molecule has 1 aromatic heterocycles. The van der Waals surface area contributed by atoms with E-state index in [1.54, 1.807) is 12.1 Å². The molecule has 120 valence electrons. The molecule has 0 fully saturated rings. The summed E-state index contributed by atoms with van der Waals surface area (Å²) >= 11 is 0. The first-order valence-electron chi connectivity index (χ1n) is 7.83. The van der Waals surface area contributed by atoms with Crippen molar-refractivity contribution in [3.63, 3.8) is 0 Å². The minimum absolute atomic E-state index is 0.346. The number of fused-ring (bicyclic) bond motifs is 1. The van der Waals surface area contributed by atoms with Gasteiger partial charge in [0.25, 0.3) is 0 Å². The van der Waals surface area contributed by atoms with E-state index in [0.717, 1.165) is 47.8 Å². The molecule has 1 heterocycles. The largest absolute Gasteiger partial charge is 0.478 e. The van der Waals surface area contributed by atoms with E-state index in [-0.39, 0.29) is 0 Å². The lowest BCUT2D eigenvalue weighted by molar-refractivity contribution is 0.0697. The maximum atomic E-state index is 11.4. The average Bonchev–Trinajstić information content (AvgIpc) is 2.77. The topological polar surface area (TPSA) is 94.3 Å². The number of aromatic nitrogens is 1. The Morgan fingerprint density at radius 3 is 2.55 bits per heavy atom. The van der Waals surface area contributed by atoms with Crippen LogP contribution in [0, 0.1) is 6.92 Å². The van der Waals surface area contributed by atoms with Crippen LogP contribution in [0.25, 0.3) is 10.9 Å². The molecule has 0 bridgehead atoms. The summed E-state index contributed by atoms with van der Waals surface area (Å²) in [6, 6.07) is 3.57. The van der Waals surface area contributed by atoms with Crippen LogP contribution in [0.4, 0.5) is 0 Å². The predicted molar refractivity (Wildman–Crippen MR) is 89.4 cm³/mol. The summed E-state index contributed by atoms with van der Waals surface area (Å²) in [7, 11) is 0. The molecule has 0 radical (unpaired) electrons. The van der Waals surface area contributed by atoms with Gasteiger partial charge in [0, 0.05) is 17.6 Å². The maximum Gasteiger partial charge on any atom is 0.335 e. The Kier molecular flexibility index (Phi) is 5.21. The monoisotopic (exact) mass is 303 g/mol. The van der Waals surface area contributed by atoms with Gasteiger partial charge in [-0.1, -0.05) is 6.92 Å². The van der Waals surface area contributed by atoms with Crippen LogP contribution in [-0.4, -0.2) is 28.7 Å². The van der Waals surface area contributed by atoms with Gasteiger partial charge in [-0.25, -0.2) is 4.79 Å². The van der Waals surface area contributed by atoms with Crippen LogP contribution < -0.4 is 11.5 Å². The number of aromatic carboxylic acids is 1. The fraction of sp³-hybridized carbons (Fsp3) is 0.471. The zero-order chi connectivity index (χ0) is 16.3. The van der Waals surface area contributed by atoms with E-state index in [0.29, 0.717) is 18.7 Å². The molecule has 0 unspecified atom stereocenters. The van der Waals surface area contributed by atoms with Crippen LogP contribution in [0.5, 0.6) is 0 Å². The SMILES string of the molecule is CCc1cc(C(=O)O)cc2c(CCN)c(C)n(CCCN)c12. The highest BCUT2D eigenvalue weighted by Crippen LogP contribution is 2.31. The third-order valence-corrected chi connectivity index (χ3v) is 4.23. The molecule has 2 aromatic rings. The van der Waals surface area contributed by atoms with Crippen LogP contribution >= 0.6 is 0 Å². The van der Waals surface area contributed by atoms with Gasteiger partial charge < -0.3 is 21.1 Å². The van der Waals surface area contributed by atoms with E-state index < -0.39 is 5.97 Å². The summed E-state index contributed by atoms with van der Waals surface area (Å²) in [6.07, 6.45) is 2.45. The van der Waals surface area contributed by atoms with Gasteiger partial charge in [-0.2, -0.15) is 0 Å². The third-order valence-electron chi connectivity index (χ3n) is 4.23. The molecule has 0 saturated heterocycles. The summed E-state index contributed by atoms with van der Waals surface area (Å²) in [5.41, 5.74) is 16.3. The predicted octanol–water partition coefficient (Wildman–Crippen LogP) is 2.06. The summed E-state index contributed by atoms with van der Waals surface area (Å²) in [5.74, 6) is -0.886. The van der Waals surface area contributed by atoms with Crippen LogP contribution in [0.15, 0.2) is 12.1 Å². The van der Waals surface area contributed by atoms with Gasteiger partial charge >= 0.3 is 5.97 Å². The van der Waals surface area contributed by atoms with Crippen molar-refractivity contribution in [3.05, 3.63) is 34.5 Å². The lowest BCUT2D eigenvalue weighted by Gasteiger charge is -2.11. The van der Waals surface area contributed by atoms with Crippen molar-refractivity contribution in [3.8, 4) is 0 Å². The fourth-order valence-corrected chi connectivity index (χ4v) is 3.15. The molecule has 5 N–H and O–H groups in total. The first-order valence-corrected chi connectivity index (χ1v) is 7.83. The fourth-order valence-electron chi connectivity index (χ4n) is 3.15. The number of rotatable bonds is 7. The average molecular weight is 303 g/mol. The van der Waals surface area contributed by atoms with E-state index in [1.807, 2.05) is 0 Å². The molecule has 0 aliphatic rings. The van der Waals surface area contributed by atoms with E-state index in [2.05, 4.69) is 18.4 Å². The van der Waals surface area contributed by atoms with Crippen molar-refractivity contribution >= 4 is 16.9 Å². The first kappa shape index (κ1) is 16.5. The van der Waals surface area contributed by atoms with Crippen molar-refractivity contribution in [2.24, 2.45) is 11.5 Å². The molecule has 0 amide bonds. The van der Waals surface area contributed by atoms with Gasteiger partial charge in [0.1, 0.15) is 0 Å². The normalized spacial score (nSPS) is 11.3. The second kappa shape index (κ2) is 6.94. The summed E-state index contributed by atoms with van der Waals surface area (Å²) in [6.45, 7) is 6.18. The number of carbonyl (C=O) groups is 1. The van der Waals surface area contributed by atoms with Crippen molar-refractivity contribution in [2.75, 3.05) is 13.1 Å². The number of nitrogens with two attached hydrogens (primary N) is 2. The zero-order valence-corrected chi connectivity index (χ0v) is 13.4. The molecule has 2 rings (SSSR count). The van der Waals surface area contributed by atoms with E-state index in [4.69, 9.17) is 11.5 Å².